The maximum absolute atomic E-state index is 12.8. The summed E-state index contributed by atoms with van der Waals surface area (Å²) < 4.78 is 44.1. The van der Waals surface area contributed by atoms with Gasteiger partial charge in [-0.2, -0.15) is 13.2 Å². The fraction of sp³-hybridized carbons (Fsp3) is 0.0588. The molecule has 2 aromatic carbocycles. The van der Waals surface area contributed by atoms with Crippen LogP contribution in [0.2, 0.25) is 0 Å². The van der Waals surface area contributed by atoms with Crippen LogP contribution in [0.15, 0.2) is 47.4 Å². The van der Waals surface area contributed by atoms with Crippen molar-refractivity contribution in [3.05, 3.63) is 68.6 Å². The Morgan fingerprint density at radius 2 is 1.96 bits per heavy atom. The van der Waals surface area contributed by atoms with Gasteiger partial charge in [0.05, 0.1) is 15.4 Å². The molecule has 1 aliphatic heterocycles. The van der Waals surface area contributed by atoms with Crippen molar-refractivity contribution in [2.75, 3.05) is 0 Å². The van der Waals surface area contributed by atoms with Gasteiger partial charge in [0, 0.05) is 6.07 Å². The average molecular weight is 426 g/mol. The number of thiocarbonyl (C=S) groups is 1. The fourth-order valence-corrected chi connectivity index (χ4v) is 3.33. The van der Waals surface area contributed by atoms with Gasteiger partial charge >= 0.3 is 11.9 Å². The van der Waals surface area contributed by atoms with Gasteiger partial charge in [-0.25, -0.2) is 0 Å². The average Bonchev–Trinajstić information content (AvgIpc) is 2.91. The Morgan fingerprint density at radius 1 is 1.21 bits per heavy atom. The molecule has 144 valence electrons. The second-order valence-corrected chi connectivity index (χ2v) is 7.18. The van der Waals surface area contributed by atoms with Gasteiger partial charge in [-0.3, -0.25) is 14.9 Å². The Balaban J connectivity index is 1.90. The first-order chi connectivity index (χ1) is 13.1. The molecule has 3 rings (SSSR count). The van der Waals surface area contributed by atoms with Gasteiger partial charge in [0.25, 0.3) is 5.91 Å². The predicted molar refractivity (Wildman–Crippen MR) is 101 cm³/mol. The normalized spacial score (nSPS) is 15.6. The molecule has 0 aromatic heterocycles. The summed E-state index contributed by atoms with van der Waals surface area (Å²) >= 11 is 5.98. The molecule has 0 atom stereocenters. The summed E-state index contributed by atoms with van der Waals surface area (Å²) in [6.07, 6.45) is -3.16. The molecule has 1 fully saturated rings. The monoisotopic (exact) mass is 426 g/mol. The first kappa shape index (κ1) is 19.8. The van der Waals surface area contributed by atoms with Crippen LogP contribution >= 0.6 is 24.0 Å². The molecule has 0 bridgehead atoms. The lowest BCUT2D eigenvalue weighted by Crippen LogP contribution is -2.17. The van der Waals surface area contributed by atoms with Crippen LogP contribution in [0.1, 0.15) is 11.1 Å². The summed E-state index contributed by atoms with van der Waals surface area (Å²) in [5.41, 5.74) is -1.41. The van der Waals surface area contributed by atoms with E-state index >= 15 is 0 Å². The zero-order valence-electron chi connectivity index (χ0n) is 13.6. The molecule has 2 aromatic rings. The van der Waals surface area contributed by atoms with Crippen molar-refractivity contribution in [2.24, 2.45) is 0 Å². The number of ether oxygens (including phenoxy) is 1. The van der Waals surface area contributed by atoms with Crippen molar-refractivity contribution < 1.29 is 27.6 Å². The minimum Gasteiger partial charge on any atom is -0.450 e. The van der Waals surface area contributed by atoms with Crippen molar-refractivity contribution in [2.45, 2.75) is 6.18 Å². The SMILES string of the molecule is O=C1NC(=S)S/C1=C\c1cccc(Oc2ccc(C(F)(F)F)cc2[N+](=O)[O-])c1. The van der Waals surface area contributed by atoms with Gasteiger partial charge in [0.2, 0.25) is 5.75 Å². The number of thioether (sulfide) groups is 1. The minimum absolute atomic E-state index is 0.156. The summed E-state index contributed by atoms with van der Waals surface area (Å²) in [5, 5.41) is 13.6. The van der Waals surface area contributed by atoms with E-state index in [1.54, 1.807) is 18.2 Å². The lowest BCUT2D eigenvalue weighted by Gasteiger charge is -2.10. The molecule has 1 heterocycles. The summed E-state index contributed by atoms with van der Waals surface area (Å²) in [5.74, 6) is -0.528. The molecular weight excluding hydrogens is 417 g/mol. The second kappa shape index (κ2) is 7.60. The second-order valence-electron chi connectivity index (χ2n) is 5.46. The summed E-state index contributed by atoms with van der Waals surface area (Å²) in [7, 11) is 0. The van der Waals surface area contributed by atoms with Crippen LogP contribution in [-0.2, 0) is 11.0 Å². The van der Waals surface area contributed by atoms with Crippen molar-refractivity contribution in [1.29, 1.82) is 0 Å². The van der Waals surface area contributed by atoms with Crippen LogP contribution in [0.25, 0.3) is 6.08 Å². The van der Waals surface area contributed by atoms with E-state index in [1.165, 1.54) is 12.1 Å². The number of nitrogens with one attached hydrogen (secondary N) is 1. The topological polar surface area (TPSA) is 81.5 Å². The first-order valence-electron chi connectivity index (χ1n) is 7.52. The first-order valence-corrected chi connectivity index (χ1v) is 8.74. The molecule has 0 saturated carbocycles. The highest BCUT2D eigenvalue weighted by atomic mass is 32.2. The summed E-state index contributed by atoms with van der Waals surface area (Å²) in [6, 6.07) is 8.23. The number of halogens is 3. The standard InChI is InChI=1S/C17H9F3N2O4S2/c18-17(19,20)10-4-5-13(12(8-10)22(24)25)26-11-3-1-2-9(6-11)7-14-15(23)21-16(27)28-14/h1-8H,(H,21,23,27)/b14-7-. The van der Waals surface area contributed by atoms with Crippen molar-refractivity contribution in [1.82, 2.24) is 5.32 Å². The predicted octanol–water partition coefficient (Wildman–Crippen LogP) is 4.89. The number of hydrogen-bond donors (Lipinski definition) is 1. The molecular formula is C17H9F3N2O4S2. The zero-order chi connectivity index (χ0) is 20.5. The number of rotatable bonds is 4. The number of carbonyl (C=O) groups excluding carboxylic acids is 1. The summed E-state index contributed by atoms with van der Waals surface area (Å²) in [4.78, 5) is 22.3. The Bertz CT molecular complexity index is 1020. The molecule has 0 aliphatic carbocycles. The van der Waals surface area contributed by atoms with E-state index in [0.717, 1.165) is 17.8 Å². The van der Waals surface area contributed by atoms with E-state index in [0.29, 0.717) is 26.9 Å². The van der Waals surface area contributed by atoms with E-state index in [1.807, 2.05) is 0 Å². The Hall–Kier alpha value is -2.92. The Morgan fingerprint density at radius 3 is 2.57 bits per heavy atom. The van der Waals surface area contributed by atoms with Gasteiger partial charge in [0.1, 0.15) is 10.1 Å². The van der Waals surface area contributed by atoms with Gasteiger partial charge in [-0.1, -0.05) is 36.1 Å². The Labute approximate surface area is 165 Å². The van der Waals surface area contributed by atoms with E-state index < -0.39 is 22.4 Å². The number of alkyl halides is 3. The maximum Gasteiger partial charge on any atom is 0.416 e. The number of benzene rings is 2. The van der Waals surface area contributed by atoms with Crippen LogP contribution < -0.4 is 10.1 Å². The minimum atomic E-state index is -4.71. The largest absolute Gasteiger partial charge is 0.450 e. The van der Waals surface area contributed by atoms with Crippen molar-refractivity contribution in [3.8, 4) is 11.5 Å². The molecule has 1 amide bonds. The molecule has 0 spiro atoms. The van der Waals surface area contributed by atoms with Crippen LogP contribution in [0.5, 0.6) is 11.5 Å². The molecule has 1 N–H and O–H groups in total. The van der Waals surface area contributed by atoms with Crippen molar-refractivity contribution >= 4 is 46.0 Å². The van der Waals surface area contributed by atoms with Crippen LogP contribution in [0.4, 0.5) is 18.9 Å². The van der Waals surface area contributed by atoms with Crippen LogP contribution in [0.3, 0.4) is 0 Å². The molecule has 11 heteroatoms. The highest BCUT2D eigenvalue weighted by Gasteiger charge is 2.33. The third-order valence-corrected chi connectivity index (χ3v) is 4.67. The van der Waals surface area contributed by atoms with E-state index in [4.69, 9.17) is 17.0 Å². The van der Waals surface area contributed by atoms with Gasteiger partial charge in [-0.15, -0.1) is 0 Å². The molecule has 0 unspecified atom stereocenters. The highest BCUT2D eigenvalue weighted by molar-refractivity contribution is 8.26. The van der Waals surface area contributed by atoms with E-state index in [2.05, 4.69) is 5.32 Å². The number of amides is 1. The molecule has 6 nitrogen and oxygen atoms in total. The highest BCUT2D eigenvalue weighted by Crippen LogP contribution is 2.38. The lowest BCUT2D eigenvalue weighted by atomic mass is 10.1. The number of carbonyl (C=O) groups is 1. The molecule has 1 saturated heterocycles. The number of nitro groups is 1. The van der Waals surface area contributed by atoms with E-state index in [9.17, 15) is 28.1 Å². The molecule has 0 radical (unpaired) electrons. The fourth-order valence-electron chi connectivity index (χ4n) is 2.29. The van der Waals surface area contributed by atoms with Gasteiger partial charge < -0.3 is 10.1 Å². The number of hydrogen-bond acceptors (Lipinski definition) is 6. The summed E-state index contributed by atoms with van der Waals surface area (Å²) in [6.45, 7) is 0. The lowest BCUT2D eigenvalue weighted by molar-refractivity contribution is -0.385. The Kier molecular flexibility index (Phi) is 5.38. The molecule has 28 heavy (non-hydrogen) atoms. The third kappa shape index (κ3) is 4.49. The van der Waals surface area contributed by atoms with E-state index in [-0.39, 0.29) is 17.4 Å². The zero-order valence-corrected chi connectivity index (χ0v) is 15.3. The molecule has 1 aliphatic rings. The number of nitro benzene ring substituents is 1. The quantitative estimate of drug-likeness (QED) is 0.324. The van der Waals surface area contributed by atoms with Crippen LogP contribution in [0, 0.1) is 10.1 Å². The van der Waals surface area contributed by atoms with Gasteiger partial charge in [-0.05, 0) is 35.9 Å². The maximum atomic E-state index is 12.8. The van der Waals surface area contributed by atoms with Gasteiger partial charge in [0.15, 0.2) is 0 Å². The third-order valence-electron chi connectivity index (χ3n) is 3.51. The van der Waals surface area contributed by atoms with Crippen molar-refractivity contribution in [3.63, 3.8) is 0 Å². The van der Waals surface area contributed by atoms with Crippen LogP contribution in [-0.4, -0.2) is 15.2 Å². The smallest absolute Gasteiger partial charge is 0.416 e. The number of nitrogens with zero attached hydrogens (tertiary/aromatic N) is 1.